The summed E-state index contributed by atoms with van der Waals surface area (Å²) in [4.78, 5) is 16.6. The first-order valence-corrected chi connectivity index (χ1v) is 8.47. The molecule has 0 bridgehead atoms. The van der Waals surface area contributed by atoms with Gasteiger partial charge in [-0.25, -0.2) is 14.8 Å². The molecule has 0 aliphatic heterocycles. The molecular formula is C18H16FN3O2S. The lowest BCUT2D eigenvalue weighted by atomic mass is 10.3. The first-order valence-electron chi connectivity index (χ1n) is 7.65. The van der Waals surface area contributed by atoms with Gasteiger partial charge in [0, 0.05) is 0 Å². The highest BCUT2D eigenvalue weighted by Crippen LogP contribution is 2.21. The summed E-state index contributed by atoms with van der Waals surface area (Å²) in [5.41, 5.74) is 3.99. The van der Waals surface area contributed by atoms with E-state index in [1.165, 1.54) is 35.6 Å². The van der Waals surface area contributed by atoms with Crippen molar-refractivity contribution in [2.75, 3.05) is 0 Å². The second-order valence-corrected chi connectivity index (χ2v) is 6.40. The van der Waals surface area contributed by atoms with Gasteiger partial charge in [0.25, 0.3) is 5.91 Å². The Hall–Kier alpha value is -2.80. The SMILES string of the molecule is C/C(=N/NC(=O)[C@H](C)Oc1ccc(F)cc1)c1nc2ccccc2s1. The predicted molar refractivity (Wildman–Crippen MR) is 96.5 cm³/mol. The van der Waals surface area contributed by atoms with Gasteiger partial charge in [0.2, 0.25) is 0 Å². The van der Waals surface area contributed by atoms with Crippen LogP contribution in [0.4, 0.5) is 4.39 Å². The topological polar surface area (TPSA) is 63.6 Å². The first-order chi connectivity index (χ1) is 12.0. The molecule has 0 saturated carbocycles. The molecule has 3 aromatic rings. The number of carbonyl (C=O) groups excluding carboxylic acids is 1. The van der Waals surface area contributed by atoms with Gasteiger partial charge in [-0.05, 0) is 50.2 Å². The molecule has 0 radical (unpaired) electrons. The zero-order valence-corrected chi connectivity index (χ0v) is 14.5. The Kier molecular flexibility index (Phi) is 5.04. The van der Waals surface area contributed by atoms with E-state index in [9.17, 15) is 9.18 Å². The molecule has 25 heavy (non-hydrogen) atoms. The van der Waals surface area contributed by atoms with Crippen molar-refractivity contribution in [2.24, 2.45) is 5.10 Å². The number of fused-ring (bicyclic) bond motifs is 1. The molecule has 1 heterocycles. The molecule has 3 rings (SSSR count). The zero-order valence-electron chi connectivity index (χ0n) is 13.7. The minimum absolute atomic E-state index is 0.361. The van der Waals surface area contributed by atoms with Crippen LogP contribution in [0.5, 0.6) is 5.75 Å². The van der Waals surface area contributed by atoms with Crippen LogP contribution >= 0.6 is 11.3 Å². The lowest BCUT2D eigenvalue weighted by Gasteiger charge is -2.12. The summed E-state index contributed by atoms with van der Waals surface area (Å²) >= 11 is 1.51. The van der Waals surface area contributed by atoms with Crippen molar-refractivity contribution >= 4 is 33.2 Å². The zero-order chi connectivity index (χ0) is 17.8. The third kappa shape index (κ3) is 4.19. The Bertz CT molecular complexity index is 888. The fourth-order valence-electron chi connectivity index (χ4n) is 2.08. The maximum absolute atomic E-state index is 12.9. The number of ether oxygens (including phenoxy) is 1. The molecule has 5 nitrogen and oxygen atoms in total. The van der Waals surface area contributed by atoms with E-state index >= 15 is 0 Å². The molecule has 1 amide bonds. The van der Waals surface area contributed by atoms with Crippen LogP contribution in [0.25, 0.3) is 10.2 Å². The maximum atomic E-state index is 12.9. The highest BCUT2D eigenvalue weighted by atomic mass is 32.1. The number of carbonyl (C=O) groups is 1. The van der Waals surface area contributed by atoms with E-state index in [1.807, 2.05) is 24.3 Å². The summed E-state index contributed by atoms with van der Waals surface area (Å²) in [6.07, 6.45) is -0.766. The number of para-hydroxylation sites is 1. The third-order valence-corrected chi connectivity index (χ3v) is 4.58. The van der Waals surface area contributed by atoms with Crippen LogP contribution in [0.1, 0.15) is 18.9 Å². The summed E-state index contributed by atoms with van der Waals surface area (Å²) in [6, 6.07) is 13.3. The number of rotatable bonds is 5. The number of nitrogens with one attached hydrogen (secondary N) is 1. The monoisotopic (exact) mass is 357 g/mol. The van der Waals surface area contributed by atoms with Crippen LogP contribution in [0.2, 0.25) is 0 Å². The van der Waals surface area contributed by atoms with Crippen molar-refractivity contribution in [1.82, 2.24) is 10.4 Å². The van der Waals surface area contributed by atoms with Crippen molar-refractivity contribution in [1.29, 1.82) is 0 Å². The number of aromatic nitrogens is 1. The second kappa shape index (κ2) is 7.40. The Balaban J connectivity index is 1.63. The van der Waals surface area contributed by atoms with E-state index in [4.69, 9.17) is 4.74 Å². The van der Waals surface area contributed by atoms with E-state index in [2.05, 4.69) is 15.5 Å². The second-order valence-electron chi connectivity index (χ2n) is 5.37. The summed E-state index contributed by atoms with van der Waals surface area (Å²) < 4.78 is 19.4. The van der Waals surface area contributed by atoms with Crippen LogP contribution in [-0.4, -0.2) is 22.7 Å². The molecule has 0 fully saturated rings. The maximum Gasteiger partial charge on any atom is 0.280 e. The van der Waals surface area contributed by atoms with Gasteiger partial charge in [0.1, 0.15) is 16.6 Å². The molecule has 0 spiro atoms. The number of hydrazone groups is 1. The normalized spacial score (nSPS) is 12.8. The lowest BCUT2D eigenvalue weighted by molar-refractivity contribution is -0.127. The van der Waals surface area contributed by atoms with Crippen LogP contribution in [0, 0.1) is 5.82 Å². The number of thiazole rings is 1. The van der Waals surface area contributed by atoms with Gasteiger partial charge in [0.15, 0.2) is 6.10 Å². The number of halogens is 1. The molecule has 0 saturated heterocycles. The summed E-state index contributed by atoms with van der Waals surface area (Å²) in [5.74, 6) is -0.346. The fraction of sp³-hybridized carbons (Fsp3) is 0.167. The standard InChI is InChI=1S/C18H16FN3O2S/c1-11(18-20-15-5-3-4-6-16(15)25-18)21-22-17(23)12(2)24-14-9-7-13(19)8-10-14/h3-10,12H,1-2H3,(H,22,23)/b21-11-/t12-/m0/s1. The Morgan fingerprint density at radius 3 is 2.68 bits per heavy atom. The quantitative estimate of drug-likeness (QED) is 0.559. The van der Waals surface area contributed by atoms with E-state index in [0.717, 1.165) is 15.2 Å². The molecule has 1 atom stereocenters. The minimum atomic E-state index is -0.766. The highest BCUT2D eigenvalue weighted by molar-refractivity contribution is 7.20. The molecule has 1 aromatic heterocycles. The lowest BCUT2D eigenvalue weighted by Crippen LogP contribution is -2.33. The minimum Gasteiger partial charge on any atom is -0.481 e. The molecule has 2 aromatic carbocycles. The summed E-state index contributed by atoms with van der Waals surface area (Å²) in [5, 5.41) is 4.84. The molecule has 0 aliphatic rings. The van der Waals surface area contributed by atoms with Crippen LogP contribution in [0.3, 0.4) is 0 Å². The highest BCUT2D eigenvalue weighted by Gasteiger charge is 2.15. The number of benzene rings is 2. The number of hydrogen-bond acceptors (Lipinski definition) is 5. The van der Waals surface area contributed by atoms with Crippen LogP contribution < -0.4 is 10.2 Å². The fourth-order valence-corrected chi connectivity index (χ4v) is 2.99. The first kappa shape index (κ1) is 17.0. The van der Waals surface area contributed by atoms with Crippen molar-refractivity contribution in [2.45, 2.75) is 20.0 Å². The van der Waals surface area contributed by atoms with Crippen LogP contribution in [0.15, 0.2) is 53.6 Å². The van der Waals surface area contributed by atoms with Gasteiger partial charge in [0.05, 0.1) is 15.9 Å². The average molecular weight is 357 g/mol. The molecule has 0 aliphatic carbocycles. The third-order valence-electron chi connectivity index (χ3n) is 3.43. The smallest absolute Gasteiger partial charge is 0.280 e. The van der Waals surface area contributed by atoms with Gasteiger partial charge < -0.3 is 4.74 Å². The van der Waals surface area contributed by atoms with E-state index in [-0.39, 0.29) is 5.82 Å². The number of hydrogen-bond donors (Lipinski definition) is 1. The van der Waals surface area contributed by atoms with Gasteiger partial charge in [-0.2, -0.15) is 5.10 Å². The summed E-state index contributed by atoms with van der Waals surface area (Å²) in [7, 11) is 0. The van der Waals surface area contributed by atoms with Gasteiger partial charge in [-0.3, -0.25) is 4.79 Å². The predicted octanol–water partition coefficient (Wildman–Crippen LogP) is 3.74. The molecule has 1 N–H and O–H groups in total. The Labute approximate surface area is 148 Å². The van der Waals surface area contributed by atoms with Gasteiger partial charge in [-0.15, -0.1) is 11.3 Å². The van der Waals surface area contributed by atoms with E-state index in [1.54, 1.807) is 13.8 Å². The van der Waals surface area contributed by atoms with Crippen molar-refractivity contribution in [3.63, 3.8) is 0 Å². The molecule has 0 unspecified atom stereocenters. The number of amides is 1. The summed E-state index contributed by atoms with van der Waals surface area (Å²) in [6.45, 7) is 3.38. The van der Waals surface area contributed by atoms with Gasteiger partial charge >= 0.3 is 0 Å². The van der Waals surface area contributed by atoms with Crippen molar-refractivity contribution in [3.05, 3.63) is 59.4 Å². The Morgan fingerprint density at radius 1 is 1.24 bits per heavy atom. The van der Waals surface area contributed by atoms with Crippen molar-refractivity contribution < 1.29 is 13.9 Å². The van der Waals surface area contributed by atoms with Gasteiger partial charge in [-0.1, -0.05) is 12.1 Å². The molecule has 7 heteroatoms. The number of nitrogens with zero attached hydrogens (tertiary/aromatic N) is 2. The average Bonchev–Trinajstić information content (AvgIpc) is 3.05. The van der Waals surface area contributed by atoms with Crippen molar-refractivity contribution in [3.8, 4) is 5.75 Å². The van der Waals surface area contributed by atoms with E-state index < -0.39 is 12.0 Å². The molecule has 128 valence electrons. The largest absolute Gasteiger partial charge is 0.481 e. The van der Waals surface area contributed by atoms with E-state index in [0.29, 0.717) is 11.5 Å². The van der Waals surface area contributed by atoms with Crippen LogP contribution in [-0.2, 0) is 4.79 Å². The Morgan fingerprint density at radius 2 is 1.96 bits per heavy atom. The molecular weight excluding hydrogens is 341 g/mol.